The topological polar surface area (TPSA) is 136 Å². The fourth-order valence-electron chi connectivity index (χ4n) is 3.34. The van der Waals surface area contributed by atoms with E-state index in [0.29, 0.717) is 22.3 Å². The van der Waals surface area contributed by atoms with E-state index < -0.39 is 27.5 Å². The number of aromatic nitrogens is 3. The second kappa shape index (κ2) is 9.15. The monoisotopic (exact) mass is 487 g/mol. The molecule has 0 aliphatic rings. The van der Waals surface area contributed by atoms with Crippen molar-refractivity contribution in [3.05, 3.63) is 81.3 Å². The third-order valence-electron chi connectivity index (χ3n) is 5.16. The van der Waals surface area contributed by atoms with E-state index in [-0.39, 0.29) is 25.0 Å². The minimum atomic E-state index is -3.96. The molecule has 34 heavy (non-hydrogen) atoms. The van der Waals surface area contributed by atoms with Crippen LogP contribution in [0, 0.1) is 19.7 Å². The van der Waals surface area contributed by atoms with Gasteiger partial charge >= 0.3 is 11.6 Å². The molecule has 0 saturated carbocycles. The Hall–Kier alpha value is -3.90. The van der Waals surface area contributed by atoms with Crippen LogP contribution in [0.25, 0.3) is 11.0 Å². The molecule has 0 spiro atoms. The number of benzene rings is 1. The number of nitrogens with one attached hydrogen (secondary N) is 2. The van der Waals surface area contributed by atoms with Crippen molar-refractivity contribution in [3.63, 3.8) is 0 Å². The molecule has 0 bridgehead atoms. The predicted octanol–water partition coefficient (Wildman–Crippen LogP) is 3.24. The van der Waals surface area contributed by atoms with Gasteiger partial charge in [0.15, 0.2) is 11.6 Å². The van der Waals surface area contributed by atoms with Crippen LogP contribution in [0.4, 0.5) is 10.2 Å². The van der Waals surface area contributed by atoms with Crippen LogP contribution in [0.2, 0.25) is 0 Å². The van der Waals surface area contributed by atoms with Gasteiger partial charge in [0.25, 0.3) is 10.2 Å². The summed E-state index contributed by atoms with van der Waals surface area (Å²) in [6.45, 7) is 3.56. The molecule has 0 aliphatic heterocycles. The quantitative estimate of drug-likeness (QED) is 0.379. The van der Waals surface area contributed by atoms with Crippen molar-refractivity contribution in [3.8, 4) is 11.8 Å². The highest BCUT2D eigenvalue weighted by Gasteiger charge is 2.19. The standard InChI is InChI=1S/C22H20FN5O5S.H2/c1-12-9-15-13(2)16(10-14-5-8-25-20(19(14)23)28-34(30,31)24-3)21(29)32-18(15)11-17(12)33-22-26-6-4-7-27-22;/h4-9,11,24H,10H2,1-3H3,(H,25,28);1H. The Labute approximate surface area is 195 Å². The van der Waals surface area contributed by atoms with Crippen molar-refractivity contribution in [1.82, 2.24) is 19.7 Å². The molecule has 0 radical (unpaired) electrons. The van der Waals surface area contributed by atoms with Crippen LogP contribution in [0.3, 0.4) is 0 Å². The second-order valence-corrected chi connectivity index (χ2v) is 8.98. The first-order valence-electron chi connectivity index (χ1n) is 10.0. The van der Waals surface area contributed by atoms with E-state index in [2.05, 4.69) is 15.0 Å². The maximum absolute atomic E-state index is 14.9. The molecular formula is C22H22FN5O5S. The zero-order chi connectivity index (χ0) is 24.5. The smallest absolute Gasteiger partial charge is 0.340 e. The van der Waals surface area contributed by atoms with Crippen LogP contribution in [-0.2, 0) is 16.6 Å². The number of rotatable bonds is 7. The summed E-state index contributed by atoms with van der Waals surface area (Å²) in [6, 6.07) is 6.56. The summed E-state index contributed by atoms with van der Waals surface area (Å²) in [6.07, 6.45) is 4.22. The Morgan fingerprint density at radius 2 is 1.88 bits per heavy atom. The Balaban J connectivity index is 0.00000342. The first kappa shape index (κ1) is 23.3. The van der Waals surface area contributed by atoms with E-state index in [1.807, 2.05) is 16.4 Å². The van der Waals surface area contributed by atoms with E-state index in [1.165, 1.54) is 19.3 Å². The Kier molecular flexibility index (Phi) is 6.26. The third kappa shape index (κ3) is 4.72. The van der Waals surface area contributed by atoms with Gasteiger partial charge in [0.1, 0.15) is 11.3 Å². The molecule has 2 N–H and O–H groups in total. The fraction of sp³-hybridized carbons (Fsp3) is 0.182. The fourth-order valence-corrected chi connectivity index (χ4v) is 3.83. The largest absolute Gasteiger partial charge is 0.424 e. The number of nitrogens with zero attached hydrogens (tertiary/aromatic N) is 3. The van der Waals surface area contributed by atoms with Crippen LogP contribution >= 0.6 is 0 Å². The van der Waals surface area contributed by atoms with Gasteiger partial charge in [-0.25, -0.2) is 28.9 Å². The van der Waals surface area contributed by atoms with Crippen molar-refractivity contribution in [1.29, 1.82) is 0 Å². The summed E-state index contributed by atoms with van der Waals surface area (Å²) in [7, 11) is -2.79. The van der Waals surface area contributed by atoms with Gasteiger partial charge < -0.3 is 9.15 Å². The molecule has 0 saturated heterocycles. The lowest BCUT2D eigenvalue weighted by atomic mass is 9.98. The van der Waals surface area contributed by atoms with Crippen LogP contribution < -0.4 is 19.8 Å². The van der Waals surface area contributed by atoms with Gasteiger partial charge in [0.05, 0.1) is 0 Å². The summed E-state index contributed by atoms with van der Waals surface area (Å²) in [5.74, 6) is -0.936. The Morgan fingerprint density at radius 3 is 2.59 bits per heavy atom. The van der Waals surface area contributed by atoms with E-state index in [0.717, 1.165) is 5.56 Å². The first-order chi connectivity index (χ1) is 16.2. The average molecular weight is 488 g/mol. The minimum absolute atomic E-state index is 0. The maximum atomic E-state index is 14.9. The van der Waals surface area contributed by atoms with Gasteiger partial charge in [0, 0.05) is 50.5 Å². The molecule has 1 aromatic carbocycles. The van der Waals surface area contributed by atoms with Crippen molar-refractivity contribution in [2.75, 3.05) is 11.8 Å². The zero-order valence-corrected chi connectivity index (χ0v) is 19.2. The molecule has 178 valence electrons. The van der Waals surface area contributed by atoms with E-state index in [4.69, 9.17) is 9.15 Å². The predicted molar refractivity (Wildman–Crippen MR) is 125 cm³/mol. The molecular weight excluding hydrogens is 465 g/mol. The van der Waals surface area contributed by atoms with Gasteiger partial charge in [0.2, 0.25) is 0 Å². The van der Waals surface area contributed by atoms with Crippen LogP contribution in [0.5, 0.6) is 11.8 Å². The number of halogens is 1. The van der Waals surface area contributed by atoms with E-state index in [1.54, 1.807) is 37.5 Å². The molecule has 3 aromatic heterocycles. The van der Waals surface area contributed by atoms with Crippen molar-refractivity contribution >= 4 is 27.0 Å². The summed E-state index contributed by atoms with van der Waals surface area (Å²) in [4.78, 5) is 24.6. The van der Waals surface area contributed by atoms with Gasteiger partial charge in [-0.15, -0.1) is 0 Å². The number of fused-ring (bicyclic) bond motifs is 1. The van der Waals surface area contributed by atoms with Gasteiger partial charge in [-0.3, -0.25) is 4.72 Å². The van der Waals surface area contributed by atoms with Crippen LogP contribution in [0.1, 0.15) is 23.7 Å². The van der Waals surface area contributed by atoms with Gasteiger partial charge in [-0.05, 0) is 48.7 Å². The summed E-state index contributed by atoms with van der Waals surface area (Å²) in [5.41, 5.74) is 1.31. The van der Waals surface area contributed by atoms with E-state index >= 15 is 0 Å². The lowest BCUT2D eigenvalue weighted by Crippen LogP contribution is -2.27. The molecule has 12 heteroatoms. The number of anilines is 1. The average Bonchev–Trinajstić information content (AvgIpc) is 2.81. The Morgan fingerprint density at radius 1 is 1.15 bits per heavy atom. The van der Waals surface area contributed by atoms with Crippen molar-refractivity contribution in [2.24, 2.45) is 0 Å². The normalized spacial score (nSPS) is 11.5. The molecule has 10 nitrogen and oxygen atoms in total. The molecule has 0 atom stereocenters. The van der Waals surface area contributed by atoms with Crippen molar-refractivity contribution in [2.45, 2.75) is 20.3 Å². The lowest BCUT2D eigenvalue weighted by Gasteiger charge is -2.13. The zero-order valence-electron chi connectivity index (χ0n) is 18.4. The third-order valence-corrected chi connectivity index (χ3v) is 6.16. The van der Waals surface area contributed by atoms with Gasteiger partial charge in [-0.2, -0.15) is 8.42 Å². The molecule has 0 unspecified atom stereocenters. The summed E-state index contributed by atoms with van der Waals surface area (Å²) < 4.78 is 53.6. The lowest BCUT2D eigenvalue weighted by molar-refractivity contribution is 0.437. The SMILES string of the molecule is CNS(=O)(=O)Nc1nccc(Cc2c(C)c3cc(C)c(Oc4ncccn4)cc3oc2=O)c1F.[HH]. The van der Waals surface area contributed by atoms with E-state index in [9.17, 15) is 17.6 Å². The Bertz CT molecular complexity index is 1550. The first-order valence-corrected chi connectivity index (χ1v) is 11.5. The second-order valence-electron chi connectivity index (χ2n) is 7.36. The molecule has 0 fully saturated rings. The number of pyridine rings is 1. The van der Waals surface area contributed by atoms with Crippen LogP contribution in [0.15, 0.2) is 52.1 Å². The number of aryl methyl sites for hydroxylation is 2. The summed E-state index contributed by atoms with van der Waals surface area (Å²) in [5, 5.41) is 0.652. The number of hydrogen-bond donors (Lipinski definition) is 2. The van der Waals surface area contributed by atoms with Crippen molar-refractivity contribution < 1.29 is 23.4 Å². The van der Waals surface area contributed by atoms with Gasteiger partial charge in [-0.1, -0.05) is 0 Å². The molecule has 0 aliphatic carbocycles. The maximum Gasteiger partial charge on any atom is 0.340 e. The highest BCUT2D eigenvalue weighted by Crippen LogP contribution is 2.31. The highest BCUT2D eigenvalue weighted by atomic mass is 32.2. The molecule has 3 heterocycles. The summed E-state index contributed by atoms with van der Waals surface area (Å²) >= 11 is 0. The molecule has 0 amide bonds. The van der Waals surface area contributed by atoms with Crippen LogP contribution in [-0.4, -0.2) is 30.4 Å². The number of ether oxygens (including phenoxy) is 1. The number of hydrogen-bond acceptors (Lipinski definition) is 8. The molecule has 4 rings (SSSR count). The minimum Gasteiger partial charge on any atom is -0.424 e. The molecule has 4 aromatic rings. The highest BCUT2D eigenvalue weighted by molar-refractivity contribution is 7.90.